The average Bonchev–Trinajstić information content (AvgIpc) is 2.85. The lowest BCUT2D eigenvalue weighted by molar-refractivity contribution is 0.102. The summed E-state index contributed by atoms with van der Waals surface area (Å²) in [7, 11) is 0. The van der Waals surface area contributed by atoms with Gasteiger partial charge in [0.1, 0.15) is 24.8 Å². The van der Waals surface area contributed by atoms with Crippen molar-refractivity contribution >= 4 is 11.6 Å². The predicted octanol–water partition coefficient (Wildman–Crippen LogP) is 5.10. The Bertz CT molecular complexity index is 1310. The molecule has 3 aromatic carbocycles. The zero-order chi connectivity index (χ0) is 22.6. The van der Waals surface area contributed by atoms with Gasteiger partial charge in [0.25, 0.3) is 5.91 Å². The number of halogens is 1. The maximum atomic E-state index is 13.2. The van der Waals surface area contributed by atoms with E-state index in [0.29, 0.717) is 59.0 Å². The number of ether oxygens (including phenoxy) is 3. The number of amides is 1. The molecule has 0 aliphatic carbocycles. The van der Waals surface area contributed by atoms with Gasteiger partial charge in [-0.25, -0.2) is 9.37 Å². The molecule has 1 aromatic heterocycles. The number of anilines is 1. The highest BCUT2D eigenvalue weighted by molar-refractivity contribution is 6.04. The first-order valence-corrected chi connectivity index (χ1v) is 10.2. The van der Waals surface area contributed by atoms with E-state index in [-0.39, 0.29) is 11.7 Å². The number of carbonyl (C=O) groups is 1. The first-order chi connectivity index (χ1) is 16.1. The van der Waals surface area contributed by atoms with Crippen molar-refractivity contribution in [3.63, 3.8) is 0 Å². The Labute approximate surface area is 188 Å². The zero-order valence-corrected chi connectivity index (χ0v) is 17.3. The van der Waals surface area contributed by atoms with Crippen LogP contribution >= 0.6 is 0 Å². The molecule has 1 aliphatic heterocycles. The van der Waals surface area contributed by atoms with E-state index in [1.807, 2.05) is 0 Å². The van der Waals surface area contributed by atoms with Crippen molar-refractivity contribution < 1.29 is 23.4 Å². The Hall–Kier alpha value is -4.46. The Balaban J connectivity index is 1.31. The van der Waals surface area contributed by atoms with E-state index in [4.69, 9.17) is 14.2 Å². The second-order valence-electron chi connectivity index (χ2n) is 7.17. The van der Waals surface area contributed by atoms with Gasteiger partial charge in [0.2, 0.25) is 5.88 Å². The number of carbonyl (C=O) groups excluding carboxylic acids is 1. The van der Waals surface area contributed by atoms with Gasteiger partial charge in [-0.2, -0.15) is 4.98 Å². The number of benzene rings is 3. The van der Waals surface area contributed by atoms with Gasteiger partial charge in [-0.1, -0.05) is 6.07 Å². The van der Waals surface area contributed by atoms with Gasteiger partial charge >= 0.3 is 0 Å². The minimum atomic E-state index is -0.336. The minimum absolute atomic E-state index is 0.299. The van der Waals surface area contributed by atoms with Crippen molar-refractivity contribution in [1.29, 1.82) is 0 Å². The summed E-state index contributed by atoms with van der Waals surface area (Å²) in [6.07, 6.45) is 1.56. The molecule has 0 atom stereocenters. The zero-order valence-electron chi connectivity index (χ0n) is 17.3. The summed E-state index contributed by atoms with van der Waals surface area (Å²) in [4.78, 5) is 21.3. The van der Waals surface area contributed by atoms with Crippen molar-refractivity contribution in [2.75, 3.05) is 18.5 Å². The molecule has 0 fully saturated rings. The monoisotopic (exact) mass is 443 g/mol. The van der Waals surface area contributed by atoms with Crippen LogP contribution in [0.1, 0.15) is 10.4 Å². The molecule has 33 heavy (non-hydrogen) atoms. The number of hydrogen-bond donors (Lipinski definition) is 1. The standard InChI is InChI=1S/C25H18FN3O4/c26-18-6-4-16(5-7-18)24-27-11-10-23(29-24)33-20-3-1-2-17(14-20)25(30)28-19-8-9-21-22(15-19)32-13-12-31-21/h1-11,14-15H,12-13H2,(H,28,30). The van der Waals surface area contributed by atoms with Crippen molar-refractivity contribution in [2.24, 2.45) is 0 Å². The van der Waals surface area contributed by atoms with Gasteiger partial charge in [-0.15, -0.1) is 0 Å². The van der Waals surface area contributed by atoms with Crippen LogP contribution in [0.5, 0.6) is 23.1 Å². The fourth-order valence-electron chi connectivity index (χ4n) is 3.28. The molecule has 1 amide bonds. The van der Waals surface area contributed by atoms with Crippen LogP contribution in [0.4, 0.5) is 10.1 Å². The molecule has 7 nitrogen and oxygen atoms in total. The lowest BCUT2D eigenvalue weighted by atomic mass is 10.2. The molecule has 0 bridgehead atoms. The van der Waals surface area contributed by atoms with Gasteiger partial charge in [0.05, 0.1) is 0 Å². The number of hydrogen-bond acceptors (Lipinski definition) is 6. The fraction of sp³-hybridized carbons (Fsp3) is 0.0800. The second kappa shape index (κ2) is 8.96. The molecule has 2 heterocycles. The molecule has 0 saturated heterocycles. The molecule has 0 unspecified atom stereocenters. The molecule has 0 saturated carbocycles. The van der Waals surface area contributed by atoms with Crippen molar-refractivity contribution in [3.8, 4) is 34.5 Å². The highest BCUT2D eigenvalue weighted by Gasteiger charge is 2.14. The third kappa shape index (κ3) is 4.74. The molecule has 5 rings (SSSR count). The Morgan fingerprint density at radius 1 is 0.939 bits per heavy atom. The number of nitrogens with zero attached hydrogens (tertiary/aromatic N) is 2. The topological polar surface area (TPSA) is 82.6 Å². The Morgan fingerprint density at radius 2 is 1.76 bits per heavy atom. The summed E-state index contributed by atoms with van der Waals surface area (Å²) in [6.45, 7) is 0.971. The van der Waals surface area contributed by atoms with Crippen LogP contribution in [0.3, 0.4) is 0 Å². The summed E-state index contributed by atoms with van der Waals surface area (Å²) in [6, 6.07) is 19.5. The van der Waals surface area contributed by atoms with Crippen molar-refractivity contribution in [2.45, 2.75) is 0 Å². The molecule has 1 aliphatic rings. The number of rotatable bonds is 5. The quantitative estimate of drug-likeness (QED) is 0.462. The first kappa shape index (κ1) is 20.4. The highest BCUT2D eigenvalue weighted by atomic mass is 19.1. The van der Waals surface area contributed by atoms with Crippen LogP contribution < -0.4 is 19.5 Å². The second-order valence-corrected chi connectivity index (χ2v) is 7.17. The maximum absolute atomic E-state index is 13.2. The average molecular weight is 443 g/mol. The molecule has 164 valence electrons. The molecule has 1 N–H and O–H groups in total. The number of aromatic nitrogens is 2. The van der Waals surface area contributed by atoms with E-state index in [1.54, 1.807) is 66.9 Å². The third-order valence-electron chi connectivity index (χ3n) is 4.85. The molecule has 4 aromatic rings. The smallest absolute Gasteiger partial charge is 0.255 e. The molecule has 8 heteroatoms. The van der Waals surface area contributed by atoms with Crippen LogP contribution in [0, 0.1) is 5.82 Å². The van der Waals surface area contributed by atoms with Gasteiger partial charge in [0, 0.05) is 35.1 Å². The Morgan fingerprint density at radius 3 is 2.61 bits per heavy atom. The van der Waals surface area contributed by atoms with E-state index < -0.39 is 0 Å². The number of nitrogens with one attached hydrogen (secondary N) is 1. The van der Waals surface area contributed by atoms with Gasteiger partial charge in [-0.05, 0) is 54.6 Å². The summed E-state index contributed by atoms with van der Waals surface area (Å²) in [5, 5.41) is 2.85. The molecular formula is C25H18FN3O4. The number of fused-ring (bicyclic) bond motifs is 1. The fourth-order valence-corrected chi connectivity index (χ4v) is 3.28. The summed E-state index contributed by atoms with van der Waals surface area (Å²) in [5.74, 6) is 1.75. The SMILES string of the molecule is O=C(Nc1ccc2c(c1)OCCO2)c1cccc(Oc2ccnc(-c3ccc(F)cc3)n2)c1. The summed E-state index contributed by atoms with van der Waals surface area (Å²) in [5.41, 5.74) is 1.67. The molecule has 0 spiro atoms. The van der Waals surface area contributed by atoms with E-state index in [9.17, 15) is 9.18 Å². The van der Waals surface area contributed by atoms with E-state index >= 15 is 0 Å². The van der Waals surface area contributed by atoms with Crippen molar-refractivity contribution in [1.82, 2.24) is 9.97 Å². The van der Waals surface area contributed by atoms with E-state index in [0.717, 1.165) is 0 Å². The maximum Gasteiger partial charge on any atom is 0.255 e. The normalized spacial score (nSPS) is 12.2. The van der Waals surface area contributed by atoms with E-state index in [1.165, 1.54) is 12.1 Å². The summed E-state index contributed by atoms with van der Waals surface area (Å²) < 4.78 is 30.1. The van der Waals surface area contributed by atoms with Crippen molar-refractivity contribution in [3.05, 3.63) is 90.4 Å². The van der Waals surface area contributed by atoms with Crippen LogP contribution in [0.25, 0.3) is 11.4 Å². The summed E-state index contributed by atoms with van der Waals surface area (Å²) >= 11 is 0. The van der Waals surface area contributed by atoms with Crippen LogP contribution in [-0.2, 0) is 0 Å². The van der Waals surface area contributed by atoms with Crippen LogP contribution in [-0.4, -0.2) is 29.1 Å². The highest BCUT2D eigenvalue weighted by Crippen LogP contribution is 2.33. The van der Waals surface area contributed by atoms with Gasteiger partial charge < -0.3 is 19.5 Å². The third-order valence-corrected chi connectivity index (χ3v) is 4.85. The Kier molecular flexibility index (Phi) is 5.55. The van der Waals surface area contributed by atoms with Crippen LogP contribution in [0.15, 0.2) is 79.0 Å². The molecule has 0 radical (unpaired) electrons. The van der Waals surface area contributed by atoms with E-state index in [2.05, 4.69) is 15.3 Å². The largest absolute Gasteiger partial charge is 0.486 e. The lowest BCUT2D eigenvalue weighted by Crippen LogP contribution is -2.16. The van der Waals surface area contributed by atoms with Gasteiger partial charge in [-0.3, -0.25) is 4.79 Å². The van der Waals surface area contributed by atoms with Gasteiger partial charge in [0.15, 0.2) is 17.3 Å². The predicted molar refractivity (Wildman–Crippen MR) is 119 cm³/mol. The lowest BCUT2D eigenvalue weighted by Gasteiger charge is -2.19. The van der Waals surface area contributed by atoms with Crippen LogP contribution in [0.2, 0.25) is 0 Å². The molecular weight excluding hydrogens is 425 g/mol. The minimum Gasteiger partial charge on any atom is -0.486 e. The first-order valence-electron chi connectivity index (χ1n) is 10.2.